The van der Waals surface area contributed by atoms with Crippen molar-refractivity contribution in [1.29, 1.82) is 0 Å². The number of carbonyl (C=O) groups is 1. The first kappa shape index (κ1) is 18.6. The number of benzene rings is 2. The van der Waals surface area contributed by atoms with Crippen LogP contribution < -0.4 is 16.2 Å². The molecule has 0 radical (unpaired) electrons. The third kappa shape index (κ3) is 3.50. The number of fused-ring (bicyclic) bond motifs is 1. The van der Waals surface area contributed by atoms with Crippen molar-refractivity contribution in [3.8, 4) is 5.75 Å². The van der Waals surface area contributed by atoms with Crippen LogP contribution in [-0.2, 0) is 6.61 Å². The lowest BCUT2D eigenvalue weighted by Gasteiger charge is -2.28. The van der Waals surface area contributed by atoms with Crippen molar-refractivity contribution in [2.45, 2.75) is 51.2 Å². The quantitative estimate of drug-likeness (QED) is 0.688. The second kappa shape index (κ2) is 7.68. The van der Waals surface area contributed by atoms with E-state index in [2.05, 4.69) is 0 Å². The smallest absolute Gasteiger partial charge is 0.252 e. The van der Waals surface area contributed by atoms with Gasteiger partial charge in [0, 0.05) is 17.0 Å². The third-order valence-electron chi connectivity index (χ3n) is 5.70. The Morgan fingerprint density at radius 3 is 2.50 bits per heavy atom. The number of rotatable bonds is 5. The molecular weight excluding hydrogens is 352 g/mol. The maximum atomic E-state index is 12.2. The molecule has 4 N–H and O–H groups in total. The molecule has 2 aromatic carbocycles. The molecule has 0 unspecified atom stereocenters. The van der Waals surface area contributed by atoms with Gasteiger partial charge in [0.15, 0.2) is 0 Å². The van der Waals surface area contributed by atoms with Crippen LogP contribution in [0.2, 0.25) is 0 Å². The van der Waals surface area contributed by atoms with E-state index in [0.29, 0.717) is 23.5 Å². The minimum atomic E-state index is -0.467. The average molecular weight is 378 g/mol. The summed E-state index contributed by atoms with van der Waals surface area (Å²) in [6, 6.07) is 14.1. The van der Waals surface area contributed by atoms with Crippen molar-refractivity contribution in [2.75, 3.05) is 0 Å². The summed E-state index contributed by atoms with van der Waals surface area (Å²) in [5, 5.41) is 0.802. The Morgan fingerprint density at radius 2 is 1.82 bits per heavy atom. The van der Waals surface area contributed by atoms with E-state index in [-0.39, 0.29) is 12.0 Å². The Hall–Kier alpha value is -2.79. The van der Waals surface area contributed by atoms with Gasteiger partial charge < -0.3 is 20.6 Å². The van der Waals surface area contributed by atoms with Crippen molar-refractivity contribution in [3.05, 3.63) is 64.9 Å². The topological polar surface area (TPSA) is 91.5 Å². The highest BCUT2D eigenvalue weighted by atomic mass is 16.5. The molecule has 1 fully saturated rings. The highest BCUT2D eigenvalue weighted by Crippen LogP contribution is 2.44. The summed E-state index contributed by atoms with van der Waals surface area (Å²) >= 11 is 0. The molecule has 3 aromatic rings. The SMILES string of the molecule is Cc1oc2ccc(OCc3ccccc3)c([C@H]3CC[C@@H](N)CC3)c2c1C(N)=O. The monoisotopic (exact) mass is 378 g/mol. The number of hydrogen-bond acceptors (Lipinski definition) is 4. The van der Waals surface area contributed by atoms with Crippen LogP contribution in [0.1, 0.15) is 58.8 Å². The minimum Gasteiger partial charge on any atom is -0.489 e. The molecule has 1 aromatic heterocycles. The van der Waals surface area contributed by atoms with E-state index >= 15 is 0 Å². The highest BCUT2D eigenvalue weighted by Gasteiger charge is 2.29. The molecule has 28 heavy (non-hydrogen) atoms. The van der Waals surface area contributed by atoms with E-state index in [0.717, 1.165) is 47.9 Å². The van der Waals surface area contributed by atoms with Gasteiger partial charge in [0.25, 0.3) is 5.91 Å². The number of carbonyl (C=O) groups excluding carboxylic acids is 1. The Balaban J connectivity index is 1.80. The standard InChI is InChI=1S/C23H26N2O3/c1-14-20(23(25)26)22-19(28-14)12-11-18(27-13-15-5-3-2-4-6-15)21(22)16-7-9-17(24)10-8-16/h2-6,11-12,16-17H,7-10,13,24H2,1H3,(H2,25,26)/t16-,17+. The minimum absolute atomic E-state index is 0.242. The van der Waals surface area contributed by atoms with Gasteiger partial charge in [-0.1, -0.05) is 30.3 Å². The van der Waals surface area contributed by atoms with Crippen molar-refractivity contribution in [1.82, 2.24) is 0 Å². The first-order chi connectivity index (χ1) is 13.5. The Kier molecular flexibility index (Phi) is 5.09. The van der Waals surface area contributed by atoms with E-state index in [1.807, 2.05) is 42.5 Å². The van der Waals surface area contributed by atoms with Crippen molar-refractivity contribution >= 4 is 16.9 Å². The lowest BCUT2D eigenvalue weighted by molar-refractivity contribution is 0.1000. The molecule has 0 saturated heterocycles. The molecule has 0 atom stereocenters. The van der Waals surface area contributed by atoms with Gasteiger partial charge in [-0.25, -0.2) is 0 Å². The predicted molar refractivity (Wildman–Crippen MR) is 109 cm³/mol. The van der Waals surface area contributed by atoms with Gasteiger partial charge in [0.1, 0.15) is 23.7 Å². The number of primary amides is 1. The third-order valence-corrected chi connectivity index (χ3v) is 5.70. The second-order valence-corrected chi connectivity index (χ2v) is 7.63. The predicted octanol–water partition coefficient (Wildman–Crippen LogP) is 4.40. The summed E-state index contributed by atoms with van der Waals surface area (Å²) in [5.41, 5.74) is 15.1. The zero-order chi connectivity index (χ0) is 19.7. The normalized spacial score (nSPS) is 19.6. The molecule has 1 saturated carbocycles. The van der Waals surface area contributed by atoms with Crippen molar-refractivity contribution in [2.24, 2.45) is 11.5 Å². The zero-order valence-electron chi connectivity index (χ0n) is 16.1. The Morgan fingerprint density at radius 1 is 1.11 bits per heavy atom. The number of hydrogen-bond donors (Lipinski definition) is 2. The summed E-state index contributed by atoms with van der Waals surface area (Å²) in [4.78, 5) is 12.2. The molecule has 1 aliphatic rings. The van der Waals surface area contributed by atoms with Gasteiger partial charge in [-0.2, -0.15) is 0 Å². The molecule has 4 rings (SSSR count). The van der Waals surface area contributed by atoms with Gasteiger partial charge in [0.2, 0.25) is 0 Å². The van der Waals surface area contributed by atoms with E-state index in [9.17, 15) is 4.79 Å². The summed E-state index contributed by atoms with van der Waals surface area (Å²) in [6.07, 6.45) is 3.85. The van der Waals surface area contributed by atoms with Crippen molar-refractivity contribution in [3.63, 3.8) is 0 Å². The zero-order valence-corrected chi connectivity index (χ0v) is 16.1. The fraction of sp³-hybridized carbons (Fsp3) is 0.348. The molecule has 1 heterocycles. The van der Waals surface area contributed by atoms with E-state index < -0.39 is 5.91 Å². The van der Waals surface area contributed by atoms with Gasteiger partial charge in [-0.05, 0) is 56.2 Å². The summed E-state index contributed by atoms with van der Waals surface area (Å²) in [5.74, 6) is 1.14. The molecule has 0 spiro atoms. The molecular formula is C23H26N2O3. The molecule has 0 aliphatic heterocycles. The largest absolute Gasteiger partial charge is 0.489 e. The number of amides is 1. The number of furan rings is 1. The van der Waals surface area contributed by atoms with Crippen LogP contribution in [0.4, 0.5) is 0 Å². The fourth-order valence-corrected chi connectivity index (χ4v) is 4.29. The number of ether oxygens (including phenoxy) is 1. The first-order valence-electron chi connectivity index (χ1n) is 9.82. The van der Waals surface area contributed by atoms with Crippen LogP contribution in [0, 0.1) is 6.92 Å². The van der Waals surface area contributed by atoms with Crippen LogP contribution in [0.3, 0.4) is 0 Å². The highest BCUT2D eigenvalue weighted by molar-refractivity contribution is 6.08. The molecule has 5 heteroatoms. The van der Waals surface area contributed by atoms with Gasteiger partial charge in [-0.15, -0.1) is 0 Å². The Bertz CT molecular complexity index is 986. The summed E-state index contributed by atoms with van der Waals surface area (Å²) in [6.45, 7) is 2.25. The fourth-order valence-electron chi connectivity index (χ4n) is 4.29. The van der Waals surface area contributed by atoms with Crippen LogP contribution in [0.25, 0.3) is 11.0 Å². The average Bonchev–Trinajstić information content (AvgIpc) is 3.03. The van der Waals surface area contributed by atoms with E-state index in [1.54, 1.807) is 6.92 Å². The number of aryl methyl sites for hydroxylation is 1. The molecule has 0 bridgehead atoms. The van der Waals surface area contributed by atoms with Gasteiger partial charge in [0.05, 0.1) is 5.56 Å². The first-order valence-corrected chi connectivity index (χ1v) is 9.82. The van der Waals surface area contributed by atoms with E-state index in [1.165, 1.54) is 0 Å². The van der Waals surface area contributed by atoms with Crippen molar-refractivity contribution < 1.29 is 13.9 Å². The maximum absolute atomic E-state index is 12.2. The lowest BCUT2D eigenvalue weighted by atomic mass is 9.80. The summed E-state index contributed by atoms with van der Waals surface area (Å²) in [7, 11) is 0. The van der Waals surface area contributed by atoms with E-state index in [4.69, 9.17) is 20.6 Å². The van der Waals surface area contributed by atoms with Gasteiger partial charge in [-0.3, -0.25) is 4.79 Å². The van der Waals surface area contributed by atoms with Crippen LogP contribution in [0.15, 0.2) is 46.9 Å². The van der Waals surface area contributed by atoms with Crippen LogP contribution in [0.5, 0.6) is 5.75 Å². The van der Waals surface area contributed by atoms with Crippen LogP contribution in [-0.4, -0.2) is 11.9 Å². The lowest BCUT2D eigenvalue weighted by Crippen LogP contribution is -2.26. The molecule has 1 amide bonds. The number of nitrogens with two attached hydrogens (primary N) is 2. The molecule has 146 valence electrons. The van der Waals surface area contributed by atoms with Crippen LogP contribution >= 0.6 is 0 Å². The molecule has 1 aliphatic carbocycles. The van der Waals surface area contributed by atoms with Gasteiger partial charge >= 0.3 is 0 Å². The second-order valence-electron chi connectivity index (χ2n) is 7.63. The molecule has 5 nitrogen and oxygen atoms in total. The maximum Gasteiger partial charge on any atom is 0.252 e. The Labute approximate surface area is 164 Å². The summed E-state index contributed by atoms with van der Waals surface area (Å²) < 4.78 is 12.1.